The molecule has 27 heavy (non-hydrogen) atoms. The molecule has 1 atom stereocenters. The summed E-state index contributed by atoms with van der Waals surface area (Å²) in [5.74, 6) is -0.761. The molecule has 1 unspecified atom stereocenters. The Balaban J connectivity index is 1.61. The fourth-order valence-corrected chi connectivity index (χ4v) is 3.62. The summed E-state index contributed by atoms with van der Waals surface area (Å²) >= 11 is 0. The van der Waals surface area contributed by atoms with Gasteiger partial charge in [-0.2, -0.15) is 0 Å². The van der Waals surface area contributed by atoms with Gasteiger partial charge in [0.25, 0.3) is 5.69 Å². The van der Waals surface area contributed by atoms with E-state index < -0.39 is 10.8 Å². The highest BCUT2D eigenvalue weighted by molar-refractivity contribution is 5.84. The van der Waals surface area contributed by atoms with Crippen LogP contribution in [0.25, 0.3) is 0 Å². The lowest BCUT2D eigenvalue weighted by Gasteiger charge is -2.21. The van der Waals surface area contributed by atoms with Crippen LogP contribution in [0.3, 0.4) is 0 Å². The van der Waals surface area contributed by atoms with Crippen LogP contribution in [-0.4, -0.2) is 30.5 Å². The molecule has 0 spiro atoms. The number of benzene rings is 2. The van der Waals surface area contributed by atoms with Crippen LogP contribution in [0.5, 0.6) is 0 Å². The van der Waals surface area contributed by atoms with Crippen LogP contribution in [0.1, 0.15) is 36.8 Å². The summed E-state index contributed by atoms with van der Waals surface area (Å²) in [4.78, 5) is 25.6. The first kappa shape index (κ1) is 18.9. The number of hydrogen-bond acceptors (Lipinski definition) is 4. The van der Waals surface area contributed by atoms with Crippen LogP contribution >= 0.6 is 0 Å². The van der Waals surface area contributed by atoms with Gasteiger partial charge < -0.3 is 10.2 Å². The van der Waals surface area contributed by atoms with Crippen molar-refractivity contribution >= 4 is 17.3 Å². The topological polar surface area (TPSA) is 75.5 Å². The van der Waals surface area contributed by atoms with Gasteiger partial charge in [0.1, 0.15) is 0 Å². The maximum absolute atomic E-state index is 12.5. The van der Waals surface area contributed by atoms with E-state index in [-0.39, 0.29) is 11.6 Å². The molecule has 0 aliphatic carbocycles. The van der Waals surface area contributed by atoms with E-state index in [2.05, 4.69) is 22.3 Å². The zero-order valence-corrected chi connectivity index (χ0v) is 15.6. The number of anilines is 1. The summed E-state index contributed by atoms with van der Waals surface area (Å²) in [6.07, 6.45) is 3.18. The molecule has 2 aromatic carbocycles. The molecule has 1 saturated heterocycles. The monoisotopic (exact) mass is 367 g/mol. The molecule has 1 fully saturated rings. The normalized spacial score (nSPS) is 14.8. The van der Waals surface area contributed by atoms with Crippen molar-refractivity contribution in [2.24, 2.45) is 0 Å². The van der Waals surface area contributed by atoms with Crippen molar-refractivity contribution in [3.8, 4) is 0 Å². The van der Waals surface area contributed by atoms with Crippen LogP contribution in [0, 0.1) is 10.1 Å². The Hall–Kier alpha value is -2.89. The minimum Gasteiger partial charge on any atom is -0.371 e. The van der Waals surface area contributed by atoms with Crippen LogP contribution in [0.15, 0.2) is 48.5 Å². The van der Waals surface area contributed by atoms with Crippen molar-refractivity contribution in [2.45, 2.75) is 32.1 Å². The summed E-state index contributed by atoms with van der Waals surface area (Å²) in [5.41, 5.74) is 2.89. The number of carbonyl (C=O) groups excluding carboxylic acids is 1. The van der Waals surface area contributed by atoms with E-state index in [1.165, 1.54) is 30.2 Å². The Kier molecular flexibility index (Phi) is 6.06. The van der Waals surface area contributed by atoms with Crippen LogP contribution in [0.2, 0.25) is 0 Å². The molecular weight excluding hydrogens is 342 g/mol. The summed E-state index contributed by atoms with van der Waals surface area (Å²) in [7, 11) is 0. The summed E-state index contributed by atoms with van der Waals surface area (Å²) in [5, 5.41) is 14.1. The molecule has 0 saturated carbocycles. The standard InChI is InChI=1S/C21H25N3O3/c1-16(18-9-3-5-11-20(18)24(26)27)21(25)22-13-12-17-8-2-4-10-19(17)23-14-6-7-15-23/h2-5,8-11,16H,6-7,12-15H2,1H3,(H,22,25). The number of rotatable bonds is 7. The SMILES string of the molecule is CC(C(=O)NCCc1ccccc1N1CCCC1)c1ccccc1[N+](=O)[O-]. The van der Waals surface area contributed by atoms with E-state index in [1.807, 2.05) is 12.1 Å². The van der Waals surface area contributed by atoms with Crippen molar-refractivity contribution in [1.29, 1.82) is 0 Å². The molecule has 3 rings (SSSR count). The maximum atomic E-state index is 12.5. The second kappa shape index (κ2) is 8.66. The number of carbonyl (C=O) groups is 1. The number of nitro benzene ring substituents is 1. The Morgan fingerprint density at radius 1 is 1.15 bits per heavy atom. The van der Waals surface area contributed by atoms with Crippen molar-refractivity contribution in [2.75, 3.05) is 24.5 Å². The number of amides is 1. The van der Waals surface area contributed by atoms with Crippen LogP contribution < -0.4 is 10.2 Å². The number of nitrogens with one attached hydrogen (secondary N) is 1. The lowest BCUT2D eigenvalue weighted by atomic mass is 9.98. The van der Waals surface area contributed by atoms with Crippen molar-refractivity contribution in [1.82, 2.24) is 5.32 Å². The molecule has 0 radical (unpaired) electrons. The third-order valence-corrected chi connectivity index (χ3v) is 5.13. The third kappa shape index (κ3) is 4.45. The lowest BCUT2D eigenvalue weighted by molar-refractivity contribution is -0.385. The second-order valence-corrected chi connectivity index (χ2v) is 6.90. The average molecular weight is 367 g/mol. The highest BCUT2D eigenvalue weighted by atomic mass is 16.6. The number of nitrogens with zero attached hydrogens (tertiary/aromatic N) is 2. The molecule has 1 N–H and O–H groups in total. The molecule has 6 heteroatoms. The maximum Gasteiger partial charge on any atom is 0.273 e. The molecule has 0 aromatic heterocycles. The molecular formula is C21H25N3O3. The summed E-state index contributed by atoms with van der Waals surface area (Å²) in [6, 6.07) is 14.7. The minimum absolute atomic E-state index is 0.0143. The lowest BCUT2D eigenvalue weighted by Crippen LogP contribution is -2.30. The molecule has 1 aliphatic heterocycles. The van der Waals surface area contributed by atoms with Crippen molar-refractivity contribution < 1.29 is 9.72 Å². The largest absolute Gasteiger partial charge is 0.371 e. The molecule has 1 heterocycles. The van der Waals surface area contributed by atoms with Gasteiger partial charge in [0.15, 0.2) is 0 Å². The second-order valence-electron chi connectivity index (χ2n) is 6.90. The van der Waals surface area contributed by atoms with Gasteiger partial charge in [-0.05, 0) is 37.8 Å². The molecule has 6 nitrogen and oxygen atoms in total. The number of nitro groups is 1. The van der Waals surface area contributed by atoms with E-state index in [0.29, 0.717) is 12.1 Å². The van der Waals surface area contributed by atoms with Gasteiger partial charge >= 0.3 is 0 Å². The number of hydrogen-bond donors (Lipinski definition) is 1. The van der Waals surface area contributed by atoms with E-state index in [1.54, 1.807) is 25.1 Å². The molecule has 1 aliphatic rings. The Labute approximate surface area is 159 Å². The minimum atomic E-state index is -0.569. The van der Waals surface area contributed by atoms with Gasteiger partial charge in [0, 0.05) is 37.0 Å². The summed E-state index contributed by atoms with van der Waals surface area (Å²) < 4.78 is 0. The van der Waals surface area contributed by atoms with Crippen LogP contribution in [-0.2, 0) is 11.2 Å². The van der Waals surface area contributed by atoms with Gasteiger partial charge in [0.2, 0.25) is 5.91 Å². The van der Waals surface area contributed by atoms with Crippen LogP contribution in [0.4, 0.5) is 11.4 Å². The quantitative estimate of drug-likeness (QED) is 0.599. The first-order chi connectivity index (χ1) is 13.1. The van der Waals surface area contributed by atoms with Gasteiger partial charge in [-0.25, -0.2) is 0 Å². The predicted octanol–water partition coefficient (Wildman–Crippen LogP) is 3.66. The van der Waals surface area contributed by atoms with Gasteiger partial charge in [-0.15, -0.1) is 0 Å². The Morgan fingerprint density at radius 2 is 1.81 bits per heavy atom. The van der Waals surface area contributed by atoms with Crippen molar-refractivity contribution in [3.63, 3.8) is 0 Å². The first-order valence-electron chi connectivity index (χ1n) is 9.42. The van der Waals surface area contributed by atoms with Gasteiger partial charge in [0.05, 0.1) is 10.8 Å². The smallest absolute Gasteiger partial charge is 0.273 e. The first-order valence-corrected chi connectivity index (χ1v) is 9.42. The Morgan fingerprint density at radius 3 is 2.56 bits per heavy atom. The zero-order valence-electron chi connectivity index (χ0n) is 15.6. The highest BCUT2D eigenvalue weighted by Gasteiger charge is 2.23. The molecule has 0 bridgehead atoms. The van der Waals surface area contributed by atoms with Gasteiger partial charge in [-0.3, -0.25) is 14.9 Å². The van der Waals surface area contributed by atoms with E-state index in [0.717, 1.165) is 19.5 Å². The van der Waals surface area contributed by atoms with E-state index in [4.69, 9.17) is 0 Å². The fourth-order valence-electron chi connectivity index (χ4n) is 3.62. The fraction of sp³-hybridized carbons (Fsp3) is 0.381. The van der Waals surface area contributed by atoms with Gasteiger partial charge in [-0.1, -0.05) is 36.4 Å². The number of para-hydroxylation sites is 2. The van der Waals surface area contributed by atoms with E-state index >= 15 is 0 Å². The van der Waals surface area contributed by atoms with Crippen molar-refractivity contribution in [3.05, 3.63) is 69.8 Å². The average Bonchev–Trinajstić information content (AvgIpc) is 3.22. The highest BCUT2D eigenvalue weighted by Crippen LogP contribution is 2.27. The van der Waals surface area contributed by atoms with E-state index in [9.17, 15) is 14.9 Å². The zero-order chi connectivity index (χ0) is 19.2. The molecule has 2 aromatic rings. The Bertz CT molecular complexity index is 816. The third-order valence-electron chi connectivity index (χ3n) is 5.13. The molecule has 1 amide bonds. The summed E-state index contributed by atoms with van der Waals surface area (Å²) in [6.45, 7) is 4.38. The predicted molar refractivity (Wildman–Crippen MR) is 106 cm³/mol. The molecule has 142 valence electrons.